The molecule has 0 unspecified atom stereocenters. The second-order valence-corrected chi connectivity index (χ2v) is 5.72. The molecule has 0 bridgehead atoms. The Balaban J connectivity index is 1.82. The smallest absolute Gasteiger partial charge is 0.193 e. The fourth-order valence-electron chi connectivity index (χ4n) is 3.21. The molecule has 0 N–H and O–H groups in total. The van der Waals surface area contributed by atoms with Crippen LogP contribution in [0.2, 0.25) is 0 Å². The number of hydrogen-bond donors (Lipinski definition) is 0. The van der Waals surface area contributed by atoms with Gasteiger partial charge in [0.15, 0.2) is 5.78 Å². The Hall–Kier alpha value is -2.67. The van der Waals surface area contributed by atoms with E-state index in [1.54, 1.807) is 0 Å². The second-order valence-electron chi connectivity index (χ2n) is 5.72. The van der Waals surface area contributed by atoms with Crippen LogP contribution in [-0.4, -0.2) is 5.78 Å². The first kappa shape index (κ1) is 13.0. The van der Waals surface area contributed by atoms with Gasteiger partial charge in [0.2, 0.25) is 0 Å². The molecule has 0 aliphatic heterocycles. The molecule has 0 radical (unpaired) electrons. The molecule has 0 heterocycles. The van der Waals surface area contributed by atoms with E-state index in [1.165, 1.54) is 11.1 Å². The topological polar surface area (TPSA) is 17.1 Å². The van der Waals surface area contributed by atoms with E-state index in [1.807, 2.05) is 42.5 Å². The molecule has 4 rings (SSSR count). The molecule has 3 aromatic rings. The molecular weight excluding hydrogens is 268 g/mol. The largest absolute Gasteiger partial charge is 0.289 e. The SMILES string of the molecule is O=C1c2ccccc2CCc2cc(-c3ccccc3)ccc21. The molecule has 0 aromatic heterocycles. The van der Waals surface area contributed by atoms with Gasteiger partial charge >= 0.3 is 0 Å². The third-order valence-electron chi connectivity index (χ3n) is 4.38. The van der Waals surface area contributed by atoms with E-state index in [4.69, 9.17) is 0 Å². The van der Waals surface area contributed by atoms with Crippen molar-refractivity contribution in [2.45, 2.75) is 12.8 Å². The van der Waals surface area contributed by atoms with E-state index in [0.29, 0.717) is 0 Å². The lowest BCUT2D eigenvalue weighted by atomic mass is 9.95. The number of rotatable bonds is 1. The van der Waals surface area contributed by atoms with Gasteiger partial charge < -0.3 is 0 Å². The van der Waals surface area contributed by atoms with E-state index in [9.17, 15) is 4.79 Å². The number of hydrogen-bond acceptors (Lipinski definition) is 1. The summed E-state index contributed by atoms with van der Waals surface area (Å²) in [5.74, 6) is 0.155. The minimum atomic E-state index is 0.155. The number of carbonyl (C=O) groups is 1. The average Bonchev–Trinajstić information content (AvgIpc) is 2.73. The predicted octanol–water partition coefficient (Wildman–Crippen LogP) is 4.68. The molecule has 0 atom stereocenters. The van der Waals surface area contributed by atoms with Crippen molar-refractivity contribution in [3.05, 3.63) is 95.1 Å². The molecule has 1 aliphatic rings. The first-order valence-electron chi connectivity index (χ1n) is 7.64. The Morgan fingerprint density at radius 3 is 2.14 bits per heavy atom. The molecule has 106 valence electrons. The standard InChI is InChI=1S/C21H16O/c22-21-19-9-5-4-8-16(19)10-11-18-14-17(12-13-20(18)21)15-6-2-1-3-7-15/h1-9,12-14H,10-11H2. The van der Waals surface area contributed by atoms with Crippen LogP contribution in [0.5, 0.6) is 0 Å². The monoisotopic (exact) mass is 284 g/mol. The molecule has 22 heavy (non-hydrogen) atoms. The van der Waals surface area contributed by atoms with Gasteiger partial charge in [-0.15, -0.1) is 0 Å². The Morgan fingerprint density at radius 2 is 1.27 bits per heavy atom. The number of aryl methyl sites for hydroxylation is 2. The van der Waals surface area contributed by atoms with Crippen molar-refractivity contribution in [1.82, 2.24) is 0 Å². The van der Waals surface area contributed by atoms with Crippen LogP contribution in [-0.2, 0) is 12.8 Å². The van der Waals surface area contributed by atoms with E-state index in [-0.39, 0.29) is 5.78 Å². The van der Waals surface area contributed by atoms with E-state index in [2.05, 4.69) is 30.3 Å². The predicted molar refractivity (Wildman–Crippen MR) is 89.2 cm³/mol. The Bertz CT molecular complexity index is 847. The Kier molecular flexibility index (Phi) is 3.12. The molecule has 0 amide bonds. The van der Waals surface area contributed by atoms with Crippen molar-refractivity contribution in [2.24, 2.45) is 0 Å². The fourth-order valence-corrected chi connectivity index (χ4v) is 3.21. The van der Waals surface area contributed by atoms with Crippen LogP contribution in [0.3, 0.4) is 0 Å². The minimum Gasteiger partial charge on any atom is -0.289 e. The summed E-state index contributed by atoms with van der Waals surface area (Å²) >= 11 is 0. The molecule has 0 spiro atoms. The van der Waals surface area contributed by atoms with E-state index in [0.717, 1.165) is 35.1 Å². The summed E-state index contributed by atoms with van der Waals surface area (Å²) < 4.78 is 0. The van der Waals surface area contributed by atoms with Crippen molar-refractivity contribution in [3.63, 3.8) is 0 Å². The average molecular weight is 284 g/mol. The van der Waals surface area contributed by atoms with Crippen molar-refractivity contribution < 1.29 is 4.79 Å². The summed E-state index contributed by atoms with van der Waals surface area (Å²) in [4.78, 5) is 12.8. The summed E-state index contributed by atoms with van der Waals surface area (Å²) in [6, 6.07) is 24.5. The van der Waals surface area contributed by atoms with Gasteiger partial charge in [-0.1, -0.05) is 72.8 Å². The third-order valence-corrected chi connectivity index (χ3v) is 4.38. The highest BCUT2D eigenvalue weighted by molar-refractivity contribution is 6.11. The highest BCUT2D eigenvalue weighted by Crippen LogP contribution is 2.28. The Morgan fingerprint density at radius 1 is 0.591 bits per heavy atom. The van der Waals surface area contributed by atoms with Crippen LogP contribution in [0.15, 0.2) is 72.8 Å². The van der Waals surface area contributed by atoms with Gasteiger partial charge in [0.1, 0.15) is 0 Å². The fraction of sp³-hybridized carbons (Fsp3) is 0.0952. The molecule has 3 aromatic carbocycles. The summed E-state index contributed by atoms with van der Waals surface area (Å²) in [6.45, 7) is 0. The molecule has 1 aliphatic carbocycles. The lowest BCUT2D eigenvalue weighted by Crippen LogP contribution is -2.04. The molecule has 0 fully saturated rings. The van der Waals surface area contributed by atoms with Crippen LogP contribution in [0.1, 0.15) is 27.0 Å². The summed E-state index contributed by atoms with van der Waals surface area (Å²) in [5.41, 5.74) is 6.39. The second kappa shape index (κ2) is 5.27. The lowest BCUT2D eigenvalue weighted by Gasteiger charge is -2.08. The zero-order valence-electron chi connectivity index (χ0n) is 12.3. The first-order valence-corrected chi connectivity index (χ1v) is 7.64. The number of carbonyl (C=O) groups excluding carboxylic acids is 1. The van der Waals surface area contributed by atoms with Crippen molar-refractivity contribution in [2.75, 3.05) is 0 Å². The molecule has 0 saturated carbocycles. The number of benzene rings is 3. The van der Waals surface area contributed by atoms with Gasteiger partial charge in [-0.25, -0.2) is 0 Å². The Labute approximate surface area is 130 Å². The third kappa shape index (κ3) is 2.15. The highest BCUT2D eigenvalue weighted by Gasteiger charge is 2.20. The van der Waals surface area contributed by atoms with Gasteiger partial charge in [-0.05, 0) is 35.1 Å². The maximum Gasteiger partial charge on any atom is 0.193 e. The van der Waals surface area contributed by atoms with E-state index < -0.39 is 0 Å². The zero-order valence-corrected chi connectivity index (χ0v) is 12.3. The van der Waals surface area contributed by atoms with E-state index >= 15 is 0 Å². The maximum absolute atomic E-state index is 12.8. The quantitative estimate of drug-likeness (QED) is 0.634. The van der Waals surface area contributed by atoms with Crippen LogP contribution < -0.4 is 0 Å². The highest BCUT2D eigenvalue weighted by atomic mass is 16.1. The van der Waals surface area contributed by atoms with Gasteiger partial charge in [0.25, 0.3) is 0 Å². The lowest BCUT2D eigenvalue weighted by molar-refractivity contribution is 0.103. The normalized spacial score (nSPS) is 13.2. The van der Waals surface area contributed by atoms with Gasteiger partial charge in [-0.3, -0.25) is 4.79 Å². The zero-order chi connectivity index (χ0) is 14.9. The number of fused-ring (bicyclic) bond motifs is 2. The van der Waals surface area contributed by atoms with Crippen molar-refractivity contribution in [3.8, 4) is 11.1 Å². The van der Waals surface area contributed by atoms with Crippen LogP contribution in [0.4, 0.5) is 0 Å². The van der Waals surface area contributed by atoms with Gasteiger partial charge in [-0.2, -0.15) is 0 Å². The number of ketones is 1. The minimum absolute atomic E-state index is 0.155. The van der Waals surface area contributed by atoms with Gasteiger partial charge in [0, 0.05) is 11.1 Å². The van der Waals surface area contributed by atoms with Crippen LogP contribution in [0.25, 0.3) is 11.1 Å². The summed E-state index contributed by atoms with van der Waals surface area (Å²) in [7, 11) is 0. The summed E-state index contributed by atoms with van der Waals surface area (Å²) in [6.07, 6.45) is 1.84. The first-order chi connectivity index (χ1) is 10.8. The van der Waals surface area contributed by atoms with Crippen LogP contribution >= 0.6 is 0 Å². The molecule has 1 heteroatoms. The molecular formula is C21H16O. The molecule has 1 nitrogen and oxygen atoms in total. The van der Waals surface area contributed by atoms with Crippen molar-refractivity contribution >= 4 is 5.78 Å². The van der Waals surface area contributed by atoms with Gasteiger partial charge in [0.05, 0.1) is 0 Å². The maximum atomic E-state index is 12.8. The van der Waals surface area contributed by atoms with Crippen LogP contribution in [0, 0.1) is 0 Å². The summed E-state index contributed by atoms with van der Waals surface area (Å²) in [5, 5.41) is 0. The molecule has 0 saturated heterocycles. The van der Waals surface area contributed by atoms with Crippen molar-refractivity contribution in [1.29, 1.82) is 0 Å².